The number of hydrogen-bond donors (Lipinski definition) is 1. The number of halogens is 1. The van der Waals surface area contributed by atoms with Crippen molar-refractivity contribution in [1.82, 2.24) is 10.2 Å². The van der Waals surface area contributed by atoms with E-state index in [2.05, 4.69) is 15.5 Å². The first kappa shape index (κ1) is 10.4. The van der Waals surface area contributed by atoms with Gasteiger partial charge in [0.2, 0.25) is 0 Å². The highest BCUT2D eigenvalue weighted by atomic mass is 35.5. The molecule has 78 valence electrons. The van der Waals surface area contributed by atoms with Gasteiger partial charge >= 0.3 is 0 Å². The average molecular weight is 240 g/mol. The standard InChI is InChI=1S/C10H10ClN3S/c1-6-7(2)10(14-13-9(6)11)12-8-3-4-15-5-8/h3-5H,1-2H3,(H,12,14). The second-order valence-corrected chi connectivity index (χ2v) is 4.36. The third kappa shape index (κ3) is 2.11. The van der Waals surface area contributed by atoms with Crippen molar-refractivity contribution in [2.45, 2.75) is 13.8 Å². The maximum Gasteiger partial charge on any atom is 0.156 e. The predicted octanol–water partition coefficient (Wildman–Crippen LogP) is 3.55. The zero-order chi connectivity index (χ0) is 10.8. The van der Waals surface area contributed by atoms with Crippen LogP contribution >= 0.6 is 22.9 Å². The largest absolute Gasteiger partial charge is 0.338 e. The van der Waals surface area contributed by atoms with E-state index in [0.717, 1.165) is 22.6 Å². The molecular formula is C10H10ClN3S. The zero-order valence-electron chi connectivity index (χ0n) is 8.41. The molecule has 0 unspecified atom stereocenters. The summed E-state index contributed by atoms with van der Waals surface area (Å²) in [6.07, 6.45) is 0. The molecule has 2 rings (SSSR count). The first-order valence-electron chi connectivity index (χ1n) is 4.47. The van der Waals surface area contributed by atoms with Crippen molar-refractivity contribution in [3.05, 3.63) is 33.1 Å². The van der Waals surface area contributed by atoms with Crippen LogP contribution in [0.25, 0.3) is 0 Å². The summed E-state index contributed by atoms with van der Waals surface area (Å²) < 4.78 is 0. The fourth-order valence-corrected chi connectivity index (χ4v) is 1.93. The van der Waals surface area contributed by atoms with Crippen molar-refractivity contribution >= 4 is 34.4 Å². The predicted molar refractivity (Wildman–Crippen MR) is 64.1 cm³/mol. The van der Waals surface area contributed by atoms with Crippen molar-refractivity contribution < 1.29 is 0 Å². The van der Waals surface area contributed by atoms with Gasteiger partial charge in [0.05, 0.1) is 5.69 Å². The van der Waals surface area contributed by atoms with E-state index in [1.165, 1.54) is 0 Å². The summed E-state index contributed by atoms with van der Waals surface area (Å²) >= 11 is 7.50. The number of anilines is 2. The zero-order valence-corrected chi connectivity index (χ0v) is 9.99. The number of nitrogens with one attached hydrogen (secondary N) is 1. The minimum absolute atomic E-state index is 0.461. The maximum absolute atomic E-state index is 5.87. The minimum Gasteiger partial charge on any atom is -0.338 e. The Balaban J connectivity index is 2.34. The van der Waals surface area contributed by atoms with Gasteiger partial charge in [0, 0.05) is 5.38 Å². The Morgan fingerprint density at radius 2 is 2.07 bits per heavy atom. The van der Waals surface area contributed by atoms with Crippen LogP contribution in [0.15, 0.2) is 16.8 Å². The molecule has 5 heteroatoms. The molecule has 0 fully saturated rings. The number of hydrogen-bond acceptors (Lipinski definition) is 4. The highest BCUT2D eigenvalue weighted by Gasteiger charge is 2.07. The van der Waals surface area contributed by atoms with Gasteiger partial charge in [-0.25, -0.2) is 0 Å². The third-order valence-corrected chi connectivity index (χ3v) is 3.29. The minimum atomic E-state index is 0.461. The van der Waals surface area contributed by atoms with Crippen LogP contribution in [0.3, 0.4) is 0 Å². The van der Waals surface area contributed by atoms with Crippen LogP contribution in [-0.4, -0.2) is 10.2 Å². The molecule has 0 aliphatic carbocycles. The highest BCUT2D eigenvalue weighted by Crippen LogP contribution is 2.24. The quantitative estimate of drug-likeness (QED) is 0.871. The monoisotopic (exact) mass is 239 g/mol. The number of aromatic nitrogens is 2. The molecule has 2 aromatic heterocycles. The molecule has 0 aliphatic rings. The molecule has 0 atom stereocenters. The maximum atomic E-state index is 5.87. The molecule has 0 bridgehead atoms. The van der Waals surface area contributed by atoms with Gasteiger partial charge in [-0.2, -0.15) is 11.3 Å². The molecule has 2 heterocycles. The van der Waals surface area contributed by atoms with Crippen molar-refractivity contribution in [2.24, 2.45) is 0 Å². The number of nitrogens with zero attached hydrogens (tertiary/aromatic N) is 2. The van der Waals surface area contributed by atoms with E-state index in [9.17, 15) is 0 Å². The summed E-state index contributed by atoms with van der Waals surface area (Å²) in [7, 11) is 0. The van der Waals surface area contributed by atoms with Crippen molar-refractivity contribution in [3.63, 3.8) is 0 Å². The second kappa shape index (κ2) is 4.16. The summed E-state index contributed by atoms with van der Waals surface area (Å²) in [6.45, 7) is 3.91. The van der Waals surface area contributed by atoms with Gasteiger partial charge in [-0.3, -0.25) is 0 Å². The van der Waals surface area contributed by atoms with Crippen LogP contribution < -0.4 is 5.32 Å². The van der Waals surface area contributed by atoms with Crippen LogP contribution in [0.1, 0.15) is 11.1 Å². The molecule has 0 aromatic carbocycles. The smallest absolute Gasteiger partial charge is 0.156 e. The molecular weight excluding hydrogens is 230 g/mol. The van der Waals surface area contributed by atoms with Gasteiger partial charge in [-0.1, -0.05) is 11.6 Å². The Morgan fingerprint density at radius 3 is 2.73 bits per heavy atom. The van der Waals surface area contributed by atoms with Gasteiger partial charge in [0.1, 0.15) is 0 Å². The molecule has 0 aliphatic heterocycles. The van der Waals surface area contributed by atoms with E-state index in [0.29, 0.717) is 5.15 Å². The molecule has 3 nitrogen and oxygen atoms in total. The molecule has 1 N–H and O–H groups in total. The van der Waals surface area contributed by atoms with Gasteiger partial charge < -0.3 is 5.32 Å². The summed E-state index contributed by atoms with van der Waals surface area (Å²) in [5.41, 5.74) is 3.02. The van der Waals surface area contributed by atoms with E-state index in [4.69, 9.17) is 11.6 Å². The summed E-state index contributed by atoms with van der Waals surface area (Å²) in [5, 5.41) is 15.6. The molecule has 15 heavy (non-hydrogen) atoms. The number of rotatable bonds is 2. The molecule has 0 radical (unpaired) electrons. The van der Waals surface area contributed by atoms with Crippen LogP contribution in [0.4, 0.5) is 11.5 Å². The lowest BCUT2D eigenvalue weighted by Gasteiger charge is -2.08. The average Bonchev–Trinajstić information content (AvgIpc) is 2.72. The SMILES string of the molecule is Cc1c(Cl)nnc(Nc2ccsc2)c1C. The van der Waals surface area contributed by atoms with E-state index in [1.807, 2.05) is 30.7 Å². The lowest BCUT2D eigenvalue weighted by molar-refractivity contribution is 1.00. The molecule has 0 amide bonds. The summed E-state index contributed by atoms with van der Waals surface area (Å²) in [5.74, 6) is 0.760. The highest BCUT2D eigenvalue weighted by molar-refractivity contribution is 7.08. The van der Waals surface area contributed by atoms with Crippen LogP contribution in [0, 0.1) is 13.8 Å². The Morgan fingerprint density at radius 1 is 1.27 bits per heavy atom. The Hall–Kier alpha value is -1.13. The Bertz CT molecular complexity index is 468. The van der Waals surface area contributed by atoms with Crippen molar-refractivity contribution in [2.75, 3.05) is 5.32 Å². The molecule has 0 spiro atoms. The fraction of sp³-hybridized carbons (Fsp3) is 0.200. The topological polar surface area (TPSA) is 37.8 Å². The summed E-state index contributed by atoms with van der Waals surface area (Å²) in [4.78, 5) is 0. The van der Waals surface area contributed by atoms with E-state index >= 15 is 0 Å². The van der Waals surface area contributed by atoms with E-state index in [-0.39, 0.29) is 0 Å². The van der Waals surface area contributed by atoms with Crippen molar-refractivity contribution in [1.29, 1.82) is 0 Å². The Labute approximate surface area is 97.1 Å². The van der Waals surface area contributed by atoms with Crippen LogP contribution in [-0.2, 0) is 0 Å². The third-order valence-electron chi connectivity index (χ3n) is 2.25. The van der Waals surface area contributed by atoms with Gasteiger partial charge in [0.25, 0.3) is 0 Å². The number of thiophene rings is 1. The molecule has 2 aromatic rings. The normalized spacial score (nSPS) is 10.3. The van der Waals surface area contributed by atoms with E-state index in [1.54, 1.807) is 11.3 Å². The lowest BCUT2D eigenvalue weighted by atomic mass is 10.2. The van der Waals surface area contributed by atoms with Crippen LogP contribution in [0.2, 0.25) is 5.15 Å². The fourth-order valence-electron chi connectivity index (χ4n) is 1.17. The first-order chi connectivity index (χ1) is 7.18. The van der Waals surface area contributed by atoms with Crippen LogP contribution in [0.5, 0.6) is 0 Å². The molecule has 0 saturated carbocycles. The first-order valence-corrected chi connectivity index (χ1v) is 5.79. The second-order valence-electron chi connectivity index (χ2n) is 3.23. The van der Waals surface area contributed by atoms with Gasteiger partial charge in [-0.05, 0) is 36.4 Å². The van der Waals surface area contributed by atoms with Gasteiger partial charge in [-0.15, -0.1) is 10.2 Å². The Kier molecular flexibility index (Phi) is 2.88. The molecule has 0 saturated heterocycles. The van der Waals surface area contributed by atoms with Gasteiger partial charge in [0.15, 0.2) is 11.0 Å². The van der Waals surface area contributed by atoms with E-state index < -0.39 is 0 Å². The summed E-state index contributed by atoms with van der Waals surface area (Å²) in [6, 6.07) is 2.00. The van der Waals surface area contributed by atoms with Crippen molar-refractivity contribution in [3.8, 4) is 0 Å². The lowest BCUT2D eigenvalue weighted by Crippen LogP contribution is -2.00.